The Morgan fingerprint density at radius 3 is 2.85 bits per heavy atom. The van der Waals surface area contributed by atoms with Gasteiger partial charge in [-0.2, -0.15) is 0 Å². The number of carbonyl (C=O) groups is 1. The van der Waals surface area contributed by atoms with Crippen molar-refractivity contribution in [2.75, 3.05) is 26.8 Å². The molecule has 26 heavy (non-hydrogen) atoms. The lowest BCUT2D eigenvalue weighted by Crippen LogP contribution is -2.41. The zero-order valence-corrected chi connectivity index (χ0v) is 15.1. The summed E-state index contributed by atoms with van der Waals surface area (Å²) in [7, 11) is 1.62. The second-order valence-electron chi connectivity index (χ2n) is 6.52. The topological polar surface area (TPSA) is 69.0 Å². The Morgan fingerprint density at radius 2 is 2.08 bits per heavy atom. The lowest BCUT2D eigenvalue weighted by Gasteiger charge is -2.32. The second-order valence-corrected chi connectivity index (χ2v) is 6.52. The molecule has 1 aromatic heterocycles. The predicted octanol–water partition coefficient (Wildman–Crippen LogP) is 2.89. The van der Waals surface area contributed by atoms with Crippen LogP contribution in [-0.4, -0.2) is 37.6 Å². The average molecular weight is 357 g/mol. The van der Waals surface area contributed by atoms with Gasteiger partial charge in [-0.25, -0.2) is 0 Å². The van der Waals surface area contributed by atoms with E-state index in [1.165, 1.54) is 12.1 Å². The molecule has 1 atom stereocenters. The van der Waals surface area contributed by atoms with Crippen molar-refractivity contribution in [1.82, 2.24) is 4.90 Å². The number of methoxy groups -OCH3 is 1. The highest BCUT2D eigenvalue weighted by Crippen LogP contribution is 2.23. The molecule has 1 amide bonds. The van der Waals surface area contributed by atoms with E-state index in [2.05, 4.69) is 0 Å². The second kappa shape index (κ2) is 8.08. The van der Waals surface area contributed by atoms with Crippen molar-refractivity contribution in [3.8, 4) is 11.5 Å². The Bertz CT molecular complexity index is 829. The summed E-state index contributed by atoms with van der Waals surface area (Å²) in [5.74, 6) is 2.03. The summed E-state index contributed by atoms with van der Waals surface area (Å²) in [6.07, 6.45) is 1.89. The van der Waals surface area contributed by atoms with Gasteiger partial charge in [0.05, 0.1) is 13.7 Å². The lowest BCUT2D eigenvalue weighted by molar-refractivity contribution is 0.0598. The maximum Gasteiger partial charge on any atom is 0.289 e. The maximum atomic E-state index is 12.6. The normalized spacial score (nSPS) is 17.0. The molecule has 0 N–H and O–H groups in total. The Balaban J connectivity index is 1.61. The van der Waals surface area contributed by atoms with Gasteiger partial charge in [0.15, 0.2) is 11.2 Å². The van der Waals surface area contributed by atoms with Crippen molar-refractivity contribution in [3.63, 3.8) is 0 Å². The van der Waals surface area contributed by atoms with Crippen molar-refractivity contribution in [1.29, 1.82) is 0 Å². The van der Waals surface area contributed by atoms with Gasteiger partial charge >= 0.3 is 0 Å². The van der Waals surface area contributed by atoms with E-state index in [9.17, 15) is 9.59 Å². The van der Waals surface area contributed by atoms with Crippen LogP contribution in [0.4, 0.5) is 0 Å². The first-order valence-corrected chi connectivity index (χ1v) is 8.73. The molecule has 1 fully saturated rings. The van der Waals surface area contributed by atoms with Gasteiger partial charge in [-0.15, -0.1) is 0 Å². The number of amides is 1. The molecule has 6 heteroatoms. The van der Waals surface area contributed by atoms with Gasteiger partial charge in [0.2, 0.25) is 0 Å². The van der Waals surface area contributed by atoms with E-state index < -0.39 is 0 Å². The number of aryl methyl sites for hydroxylation is 1. The summed E-state index contributed by atoms with van der Waals surface area (Å²) < 4.78 is 16.5. The van der Waals surface area contributed by atoms with Crippen LogP contribution in [0.1, 0.15) is 29.2 Å². The summed E-state index contributed by atoms with van der Waals surface area (Å²) in [6.45, 7) is 3.43. The monoisotopic (exact) mass is 357 g/mol. The number of benzene rings is 1. The average Bonchev–Trinajstić information content (AvgIpc) is 2.65. The van der Waals surface area contributed by atoms with E-state index in [4.69, 9.17) is 13.9 Å². The van der Waals surface area contributed by atoms with E-state index in [0.717, 1.165) is 24.3 Å². The lowest BCUT2D eigenvalue weighted by atomic mass is 9.98. The van der Waals surface area contributed by atoms with Gasteiger partial charge in [0, 0.05) is 37.2 Å². The molecule has 1 saturated heterocycles. The molecule has 1 aromatic carbocycles. The molecule has 3 rings (SSSR count). The Hall–Kier alpha value is -2.76. The zero-order chi connectivity index (χ0) is 18.5. The largest absolute Gasteiger partial charge is 0.497 e. The van der Waals surface area contributed by atoms with Gasteiger partial charge < -0.3 is 18.8 Å². The SMILES string of the molecule is COc1cccc(OC[C@H]2CCCN(C(=O)c3cc(=O)cc(C)o3)C2)c1. The molecular weight excluding hydrogens is 334 g/mol. The van der Waals surface area contributed by atoms with Crippen molar-refractivity contribution in [3.05, 3.63) is 58.1 Å². The van der Waals surface area contributed by atoms with Crippen LogP contribution in [0.25, 0.3) is 0 Å². The fraction of sp³-hybridized carbons (Fsp3) is 0.400. The highest BCUT2D eigenvalue weighted by molar-refractivity contribution is 5.91. The van der Waals surface area contributed by atoms with E-state index in [-0.39, 0.29) is 23.0 Å². The maximum absolute atomic E-state index is 12.6. The summed E-state index contributed by atoms with van der Waals surface area (Å²) >= 11 is 0. The molecular formula is C20H23NO5. The third kappa shape index (κ3) is 4.45. The quantitative estimate of drug-likeness (QED) is 0.823. The molecule has 0 bridgehead atoms. The van der Waals surface area contributed by atoms with Crippen molar-refractivity contribution >= 4 is 5.91 Å². The number of piperidine rings is 1. The molecule has 1 aliphatic heterocycles. The molecule has 0 aliphatic carbocycles. The van der Waals surface area contributed by atoms with Crippen LogP contribution in [0.3, 0.4) is 0 Å². The summed E-state index contributed by atoms with van der Waals surface area (Å²) in [4.78, 5) is 26.0. The molecule has 138 valence electrons. The number of rotatable bonds is 5. The Kier molecular flexibility index (Phi) is 5.61. The third-order valence-electron chi connectivity index (χ3n) is 4.43. The number of likely N-dealkylation sites (tertiary alicyclic amines) is 1. The molecule has 1 aliphatic rings. The molecule has 2 aromatic rings. The predicted molar refractivity (Wildman–Crippen MR) is 96.8 cm³/mol. The van der Waals surface area contributed by atoms with Gasteiger partial charge in [-0.3, -0.25) is 9.59 Å². The fourth-order valence-corrected chi connectivity index (χ4v) is 3.16. The van der Waals surface area contributed by atoms with Gasteiger partial charge in [-0.05, 0) is 31.9 Å². The first-order valence-electron chi connectivity index (χ1n) is 8.73. The summed E-state index contributed by atoms with van der Waals surface area (Å²) in [6, 6.07) is 10.1. The highest BCUT2D eigenvalue weighted by atomic mass is 16.5. The van der Waals surface area contributed by atoms with Crippen molar-refractivity contribution in [2.45, 2.75) is 19.8 Å². The number of hydrogen-bond acceptors (Lipinski definition) is 5. The van der Waals surface area contributed by atoms with E-state index in [0.29, 0.717) is 25.5 Å². The molecule has 0 unspecified atom stereocenters. The summed E-state index contributed by atoms with van der Waals surface area (Å²) in [5, 5.41) is 0. The molecule has 0 radical (unpaired) electrons. The standard InChI is InChI=1S/C20H23NO5/c1-14-9-16(22)10-19(26-14)20(23)21-8-4-5-15(12-21)13-25-18-7-3-6-17(11-18)24-2/h3,6-7,9-11,15H,4-5,8,12-13H2,1-2H3/t15-/m0/s1. The zero-order valence-electron chi connectivity index (χ0n) is 15.1. The van der Waals surface area contributed by atoms with E-state index >= 15 is 0 Å². The minimum absolute atomic E-state index is 0.101. The van der Waals surface area contributed by atoms with Crippen LogP contribution in [0.2, 0.25) is 0 Å². The number of nitrogens with zero attached hydrogens (tertiary/aromatic N) is 1. The minimum atomic E-state index is -0.239. The van der Waals surface area contributed by atoms with Crippen LogP contribution in [0.15, 0.2) is 45.6 Å². The van der Waals surface area contributed by atoms with Crippen LogP contribution < -0.4 is 14.9 Å². The highest BCUT2D eigenvalue weighted by Gasteiger charge is 2.26. The fourth-order valence-electron chi connectivity index (χ4n) is 3.16. The van der Waals surface area contributed by atoms with E-state index in [1.54, 1.807) is 18.9 Å². The summed E-state index contributed by atoms with van der Waals surface area (Å²) in [5.41, 5.74) is -0.216. The first kappa shape index (κ1) is 18.0. The van der Waals surface area contributed by atoms with Crippen LogP contribution in [-0.2, 0) is 0 Å². The molecule has 0 spiro atoms. The van der Waals surface area contributed by atoms with Crippen molar-refractivity contribution in [2.24, 2.45) is 5.92 Å². The number of carbonyl (C=O) groups excluding carboxylic acids is 1. The van der Waals surface area contributed by atoms with Gasteiger partial charge in [-0.1, -0.05) is 6.07 Å². The number of ether oxygens (including phenoxy) is 2. The van der Waals surface area contributed by atoms with Crippen molar-refractivity contribution < 1.29 is 18.7 Å². The number of hydrogen-bond donors (Lipinski definition) is 0. The Labute approximate surface area is 152 Å². The van der Waals surface area contributed by atoms with Crippen LogP contribution in [0.5, 0.6) is 11.5 Å². The van der Waals surface area contributed by atoms with Gasteiger partial charge in [0.25, 0.3) is 5.91 Å². The van der Waals surface area contributed by atoms with E-state index in [1.807, 2.05) is 24.3 Å². The first-order chi connectivity index (χ1) is 12.5. The Morgan fingerprint density at radius 1 is 1.27 bits per heavy atom. The third-order valence-corrected chi connectivity index (χ3v) is 4.43. The van der Waals surface area contributed by atoms with Crippen LogP contribution in [0, 0.1) is 12.8 Å². The smallest absolute Gasteiger partial charge is 0.289 e. The molecule has 2 heterocycles. The van der Waals surface area contributed by atoms with Gasteiger partial charge in [0.1, 0.15) is 17.3 Å². The molecule has 6 nitrogen and oxygen atoms in total. The minimum Gasteiger partial charge on any atom is -0.497 e. The molecule has 0 saturated carbocycles. The van der Waals surface area contributed by atoms with Crippen LogP contribution >= 0.6 is 0 Å².